The smallest absolute Gasteiger partial charge is 0.140 e. The number of rotatable bonds is 6. The molecular formula is C15H22N4O. The highest BCUT2D eigenvalue weighted by atomic mass is 16.5. The third kappa shape index (κ3) is 3.36. The Labute approximate surface area is 120 Å². The molecule has 0 unspecified atom stereocenters. The highest BCUT2D eigenvalue weighted by Gasteiger charge is 2.14. The number of hydrogen-bond acceptors (Lipinski definition) is 4. The van der Waals surface area contributed by atoms with Gasteiger partial charge in [-0.2, -0.15) is 5.10 Å². The van der Waals surface area contributed by atoms with E-state index in [1.807, 2.05) is 19.2 Å². The molecular weight excluding hydrogens is 252 g/mol. The van der Waals surface area contributed by atoms with Crippen molar-refractivity contribution in [2.45, 2.75) is 32.4 Å². The number of nitrogens with zero attached hydrogens (tertiary/aromatic N) is 3. The van der Waals surface area contributed by atoms with Gasteiger partial charge in [0.2, 0.25) is 0 Å². The average Bonchev–Trinajstić information content (AvgIpc) is 2.89. The molecule has 0 spiro atoms. The molecule has 1 heterocycles. The van der Waals surface area contributed by atoms with Gasteiger partial charge in [0.1, 0.15) is 17.9 Å². The molecule has 2 aromatic rings. The number of methoxy groups -OCH3 is 1. The minimum atomic E-state index is 0.347. The van der Waals surface area contributed by atoms with Crippen LogP contribution in [0.25, 0.3) is 0 Å². The van der Waals surface area contributed by atoms with Crippen molar-refractivity contribution >= 4 is 0 Å². The molecule has 0 aliphatic heterocycles. The molecule has 0 amide bonds. The second-order valence-corrected chi connectivity index (χ2v) is 5.03. The van der Waals surface area contributed by atoms with Crippen LogP contribution in [0.4, 0.5) is 0 Å². The summed E-state index contributed by atoms with van der Waals surface area (Å²) in [5.74, 6) is 2.24. The second-order valence-electron chi connectivity index (χ2n) is 5.03. The lowest BCUT2D eigenvalue weighted by molar-refractivity contribution is 0.414. The van der Waals surface area contributed by atoms with Gasteiger partial charge < -0.3 is 10.1 Å². The first-order valence-corrected chi connectivity index (χ1v) is 6.82. The molecule has 0 fully saturated rings. The average molecular weight is 274 g/mol. The predicted molar refractivity (Wildman–Crippen MR) is 78.7 cm³/mol. The van der Waals surface area contributed by atoms with E-state index in [1.165, 1.54) is 5.56 Å². The van der Waals surface area contributed by atoms with E-state index in [1.54, 1.807) is 18.1 Å². The SMILES string of the molecule is COc1ccc([C@H](C)[C@@H](C)NCc2ncnn2C)cc1. The zero-order valence-corrected chi connectivity index (χ0v) is 12.5. The van der Waals surface area contributed by atoms with E-state index in [4.69, 9.17) is 4.74 Å². The Kier molecular flexibility index (Phi) is 4.74. The van der Waals surface area contributed by atoms with Gasteiger partial charge in [0.25, 0.3) is 0 Å². The maximum absolute atomic E-state index is 5.19. The zero-order chi connectivity index (χ0) is 14.5. The maximum atomic E-state index is 5.19. The summed E-state index contributed by atoms with van der Waals surface area (Å²) in [7, 11) is 3.59. The molecule has 1 aromatic carbocycles. The van der Waals surface area contributed by atoms with Crippen molar-refractivity contribution in [3.8, 4) is 5.75 Å². The number of aryl methyl sites for hydroxylation is 1. The van der Waals surface area contributed by atoms with Crippen LogP contribution in [-0.4, -0.2) is 27.9 Å². The van der Waals surface area contributed by atoms with Gasteiger partial charge in [-0.25, -0.2) is 4.98 Å². The lowest BCUT2D eigenvalue weighted by Gasteiger charge is -2.21. The summed E-state index contributed by atoms with van der Waals surface area (Å²) >= 11 is 0. The molecule has 0 bridgehead atoms. The maximum Gasteiger partial charge on any atom is 0.140 e. The second kappa shape index (κ2) is 6.52. The molecule has 5 heteroatoms. The first-order chi connectivity index (χ1) is 9.61. The number of hydrogen-bond donors (Lipinski definition) is 1. The Balaban J connectivity index is 1.93. The summed E-state index contributed by atoms with van der Waals surface area (Å²) in [5, 5.41) is 7.57. The van der Waals surface area contributed by atoms with Crippen LogP contribution in [0.5, 0.6) is 5.75 Å². The van der Waals surface area contributed by atoms with Crippen molar-refractivity contribution in [2.75, 3.05) is 7.11 Å². The van der Waals surface area contributed by atoms with Crippen molar-refractivity contribution < 1.29 is 4.74 Å². The molecule has 108 valence electrons. The third-order valence-electron chi connectivity index (χ3n) is 3.78. The highest BCUT2D eigenvalue weighted by Crippen LogP contribution is 2.22. The molecule has 0 saturated carbocycles. The van der Waals surface area contributed by atoms with Crippen molar-refractivity contribution in [2.24, 2.45) is 7.05 Å². The number of nitrogens with one attached hydrogen (secondary N) is 1. The molecule has 0 saturated heterocycles. The van der Waals surface area contributed by atoms with Crippen LogP contribution in [-0.2, 0) is 13.6 Å². The summed E-state index contributed by atoms with van der Waals surface area (Å²) in [6.45, 7) is 5.12. The first kappa shape index (κ1) is 14.5. The van der Waals surface area contributed by atoms with Crippen LogP contribution >= 0.6 is 0 Å². The van der Waals surface area contributed by atoms with Crippen LogP contribution < -0.4 is 10.1 Å². The predicted octanol–water partition coefficient (Wildman–Crippen LogP) is 2.11. The van der Waals surface area contributed by atoms with Crippen LogP contribution in [0.3, 0.4) is 0 Å². The van der Waals surface area contributed by atoms with Crippen molar-refractivity contribution in [1.29, 1.82) is 0 Å². The van der Waals surface area contributed by atoms with Gasteiger partial charge in [-0.1, -0.05) is 19.1 Å². The molecule has 20 heavy (non-hydrogen) atoms. The summed E-state index contributed by atoms with van der Waals surface area (Å²) < 4.78 is 6.97. The van der Waals surface area contributed by atoms with Crippen LogP contribution in [0.2, 0.25) is 0 Å². The molecule has 0 aliphatic carbocycles. The van der Waals surface area contributed by atoms with E-state index in [-0.39, 0.29) is 0 Å². The summed E-state index contributed by atoms with van der Waals surface area (Å²) in [6, 6.07) is 8.58. The van der Waals surface area contributed by atoms with Crippen LogP contribution in [0.1, 0.15) is 31.2 Å². The van der Waals surface area contributed by atoms with Crippen molar-refractivity contribution in [1.82, 2.24) is 20.1 Å². The van der Waals surface area contributed by atoms with Gasteiger partial charge in [-0.05, 0) is 30.5 Å². The standard InChI is InChI=1S/C15H22N4O/c1-11(13-5-7-14(20-4)8-6-13)12(2)16-9-15-17-10-18-19(15)3/h5-8,10-12,16H,9H2,1-4H3/t11-,12-/m1/s1. The molecule has 2 rings (SSSR count). The van der Waals surface area contributed by atoms with E-state index >= 15 is 0 Å². The minimum absolute atomic E-state index is 0.347. The molecule has 5 nitrogen and oxygen atoms in total. The molecule has 2 atom stereocenters. The van der Waals surface area contributed by atoms with E-state index in [9.17, 15) is 0 Å². The molecule has 1 N–H and O–H groups in total. The van der Waals surface area contributed by atoms with Crippen molar-refractivity contribution in [3.63, 3.8) is 0 Å². The summed E-state index contributed by atoms with van der Waals surface area (Å²) in [5.41, 5.74) is 1.30. The Bertz CT molecular complexity index is 535. The number of ether oxygens (including phenoxy) is 1. The Morgan fingerprint density at radius 2 is 1.95 bits per heavy atom. The fraction of sp³-hybridized carbons (Fsp3) is 0.467. The first-order valence-electron chi connectivity index (χ1n) is 6.82. The quantitative estimate of drug-likeness (QED) is 0.876. The summed E-state index contributed by atoms with van der Waals surface area (Å²) in [4.78, 5) is 4.22. The monoisotopic (exact) mass is 274 g/mol. The van der Waals surface area contributed by atoms with E-state index in [0.717, 1.165) is 18.1 Å². The zero-order valence-electron chi connectivity index (χ0n) is 12.5. The fourth-order valence-corrected chi connectivity index (χ4v) is 2.11. The minimum Gasteiger partial charge on any atom is -0.497 e. The molecule has 0 radical (unpaired) electrons. The Hall–Kier alpha value is -1.88. The highest BCUT2D eigenvalue weighted by molar-refractivity contribution is 5.29. The van der Waals surface area contributed by atoms with Gasteiger partial charge in [0.15, 0.2) is 0 Å². The van der Waals surface area contributed by atoms with Gasteiger partial charge in [0.05, 0.1) is 13.7 Å². The lowest BCUT2D eigenvalue weighted by Crippen LogP contribution is -2.31. The fourth-order valence-electron chi connectivity index (χ4n) is 2.11. The summed E-state index contributed by atoms with van der Waals surface area (Å²) in [6.07, 6.45) is 1.58. The molecule has 0 aliphatic rings. The molecule has 1 aromatic heterocycles. The Morgan fingerprint density at radius 3 is 2.50 bits per heavy atom. The normalized spacial score (nSPS) is 14.0. The number of aromatic nitrogens is 3. The van der Waals surface area contributed by atoms with E-state index < -0.39 is 0 Å². The van der Waals surface area contributed by atoms with Gasteiger partial charge in [-0.3, -0.25) is 4.68 Å². The van der Waals surface area contributed by atoms with Crippen molar-refractivity contribution in [3.05, 3.63) is 42.0 Å². The van der Waals surface area contributed by atoms with E-state index in [0.29, 0.717) is 12.0 Å². The lowest BCUT2D eigenvalue weighted by atomic mass is 9.94. The van der Waals surface area contributed by atoms with Gasteiger partial charge >= 0.3 is 0 Å². The topological polar surface area (TPSA) is 52.0 Å². The van der Waals surface area contributed by atoms with E-state index in [2.05, 4.69) is 41.4 Å². The number of benzene rings is 1. The van der Waals surface area contributed by atoms with Crippen LogP contribution in [0.15, 0.2) is 30.6 Å². The third-order valence-corrected chi connectivity index (χ3v) is 3.78. The largest absolute Gasteiger partial charge is 0.497 e. The van der Waals surface area contributed by atoms with Crippen LogP contribution in [0, 0.1) is 0 Å². The van der Waals surface area contributed by atoms with Gasteiger partial charge in [0, 0.05) is 13.1 Å². The Morgan fingerprint density at radius 1 is 1.25 bits per heavy atom. The van der Waals surface area contributed by atoms with Gasteiger partial charge in [-0.15, -0.1) is 0 Å².